The molecule has 1 fully saturated rings. The Bertz CT molecular complexity index is 1080. The van der Waals surface area contributed by atoms with Crippen LogP contribution in [0.15, 0.2) is 0 Å². The van der Waals surface area contributed by atoms with E-state index in [1.54, 1.807) is 0 Å². The molecule has 1 heterocycles. The fraction of sp³-hybridized carbons (Fsp3) is 0.979. The van der Waals surface area contributed by atoms with Gasteiger partial charge in [-0.05, 0) is 12.8 Å². The molecule has 4 N–H and O–H groups in total. The number of aliphatic hydroxyl groups excluding tert-OH is 3. The molecule has 1 aliphatic rings. The molecule has 364 valence electrons. The van der Waals surface area contributed by atoms with E-state index in [1.165, 1.54) is 173 Å². The Morgan fingerprint density at radius 2 is 0.934 bits per heavy atom. The van der Waals surface area contributed by atoms with Crippen molar-refractivity contribution in [2.45, 2.75) is 275 Å². The summed E-state index contributed by atoms with van der Waals surface area (Å²) in [7, 11) is -5.05. The van der Waals surface area contributed by atoms with Crippen molar-refractivity contribution < 1.29 is 56.2 Å². The summed E-state index contributed by atoms with van der Waals surface area (Å²) in [5, 5.41) is 30.6. The molecule has 0 bridgehead atoms. The number of hydrogen-bond acceptors (Lipinski definition) is 11. The van der Waals surface area contributed by atoms with E-state index in [0.717, 1.165) is 38.5 Å². The molecule has 0 saturated carbocycles. The van der Waals surface area contributed by atoms with Crippen LogP contribution in [-0.4, -0.2) is 97.5 Å². The van der Waals surface area contributed by atoms with E-state index < -0.39 is 59.8 Å². The summed E-state index contributed by atoms with van der Waals surface area (Å²) in [5.41, 5.74) is 0. The standard InChI is InChI=1S/C48H94O12S/c1-3-5-7-9-11-13-14-15-16-17-18-19-20-21-22-23-24-25-26-27-28-30-32-34-36-38-56-40-42(58-44(50)37-35-33-31-29-12-10-8-6-4-2)41-57-48-46(52)47(60-61(53,54)55)45(51)43(39-49)59-48/h42-43,45-49,51-52H,3-41H2,1-2H3,(H,53,54,55). The van der Waals surface area contributed by atoms with Crippen LogP contribution < -0.4 is 0 Å². The third-order valence-electron chi connectivity index (χ3n) is 12.0. The van der Waals surface area contributed by atoms with Crippen molar-refractivity contribution in [2.75, 3.05) is 26.4 Å². The van der Waals surface area contributed by atoms with Crippen LogP contribution in [0.3, 0.4) is 0 Å². The van der Waals surface area contributed by atoms with Crippen molar-refractivity contribution in [3.8, 4) is 0 Å². The highest BCUT2D eigenvalue weighted by atomic mass is 32.3. The van der Waals surface area contributed by atoms with Gasteiger partial charge in [0.25, 0.3) is 0 Å². The molecule has 0 amide bonds. The molecule has 0 spiro atoms. The first-order chi connectivity index (χ1) is 29.6. The minimum absolute atomic E-state index is 0.0444. The Morgan fingerprint density at radius 1 is 0.557 bits per heavy atom. The average Bonchev–Trinajstić information content (AvgIpc) is 3.23. The van der Waals surface area contributed by atoms with Crippen molar-refractivity contribution in [3.05, 3.63) is 0 Å². The number of hydrogen-bond donors (Lipinski definition) is 4. The Labute approximate surface area is 373 Å². The zero-order valence-electron chi connectivity index (χ0n) is 39.0. The summed E-state index contributed by atoms with van der Waals surface area (Å²) in [4.78, 5) is 12.8. The minimum Gasteiger partial charge on any atom is -0.457 e. The number of aliphatic hydroxyl groups is 3. The molecule has 0 aromatic carbocycles. The Balaban J connectivity index is 2.23. The highest BCUT2D eigenvalue weighted by Crippen LogP contribution is 2.26. The van der Waals surface area contributed by atoms with Crippen LogP contribution in [0.2, 0.25) is 0 Å². The van der Waals surface area contributed by atoms with Gasteiger partial charge in [0.15, 0.2) is 6.29 Å². The van der Waals surface area contributed by atoms with Crippen molar-refractivity contribution >= 4 is 16.4 Å². The van der Waals surface area contributed by atoms with Crippen LogP contribution in [0.4, 0.5) is 0 Å². The fourth-order valence-corrected chi connectivity index (χ4v) is 8.65. The van der Waals surface area contributed by atoms with Crippen LogP contribution in [0.5, 0.6) is 0 Å². The first kappa shape index (κ1) is 58.1. The van der Waals surface area contributed by atoms with Crippen LogP contribution in [0.25, 0.3) is 0 Å². The molecular weight excluding hydrogens is 801 g/mol. The number of esters is 1. The van der Waals surface area contributed by atoms with E-state index in [9.17, 15) is 28.5 Å². The number of carbonyl (C=O) groups is 1. The Kier molecular flexibility index (Phi) is 38.7. The molecule has 12 nitrogen and oxygen atoms in total. The van der Waals surface area contributed by atoms with Crippen LogP contribution >= 0.6 is 0 Å². The minimum atomic E-state index is -5.05. The number of ether oxygens (including phenoxy) is 4. The van der Waals surface area contributed by atoms with Gasteiger partial charge >= 0.3 is 16.4 Å². The molecule has 1 rings (SSSR count). The second-order valence-electron chi connectivity index (χ2n) is 17.8. The second kappa shape index (κ2) is 40.6. The van der Waals surface area contributed by atoms with Gasteiger partial charge in [-0.2, -0.15) is 8.42 Å². The highest BCUT2D eigenvalue weighted by molar-refractivity contribution is 7.80. The third-order valence-corrected chi connectivity index (χ3v) is 12.4. The SMILES string of the molecule is CCCCCCCCCCCCCCCCCCCCCCCCCCCOCC(COC1OC(CO)C(O)C(OS(=O)(=O)O)C1O)OC(=O)CCCCCCCCCCC. The summed E-state index contributed by atoms with van der Waals surface area (Å²) < 4.78 is 59.0. The predicted octanol–water partition coefficient (Wildman–Crippen LogP) is 11.3. The van der Waals surface area contributed by atoms with E-state index in [2.05, 4.69) is 18.0 Å². The summed E-state index contributed by atoms with van der Waals surface area (Å²) in [6.07, 6.45) is 34.6. The summed E-state index contributed by atoms with van der Waals surface area (Å²) >= 11 is 0. The zero-order chi connectivity index (χ0) is 44.7. The maximum absolute atomic E-state index is 12.8. The molecule has 6 atom stereocenters. The number of unbranched alkanes of at least 4 members (excludes halogenated alkanes) is 32. The molecule has 1 aliphatic heterocycles. The average molecular weight is 895 g/mol. The van der Waals surface area contributed by atoms with Crippen molar-refractivity contribution in [1.29, 1.82) is 0 Å². The maximum Gasteiger partial charge on any atom is 0.397 e. The highest BCUT2D eigenvalue weighted by Gasteiger charge is 2.48. The number of carbonyl (C=O) groups excluding carboxylic acids is 1. The molecule has 0 radical (unpaired) electrons. The summed E-state index contributed by atoms with van der Waals surface area (Å²) in [6, 6.07) is 0. The van der Waals surface area contributed by atoms with Crippen molar-refractivity contribution in [1.82, 2.24) is 0 Å². The predicted molar refractivity (Wildman–Crippen MR) is 244 cm³/mol. The molecular formula is C48H94O12S. The van der Waals surface area contributed by atoms with Gasteiger partial charge in [-0.3, -0.25) is 9.35 Å². The molecule has 6 unspecified atom stereocenters. The molecule has 61 heavy (non-hydrogen) atoms. The Hall–Kier alpha value is -0.900. The zero-order valence-corrected chi connectivity index (χ0v) is 39.8. The lowest BCUT2D eigenvalue weighted by molar-refractivity contribution is -0.301. The number of rotatable bonds is 45. The summed E-state index contributed by atoms with van der Waals surface area (Å²) in [6.45, 7) is 4.01. The molecule has 0 aliphatic carbocycles. The van der Waals surface area contributed by atoms with Crippen LogP contribution in [0, 0.1) is 0 Å². The third kappa shape index (κ3) is 34.2. The van der Waals surface area contributed by atoms with Crippen molar-refractivity contribution in [3.63, 3.8) is 0 Å². The smallest absolute Gasteiger partial charge is 0.397 e. The second-order valence-corrected chi connectivity index (χ2v) is 18.8. The fourth-order valence-electron chi connectivity index (χ4n) is 8.15. The van der Waals surface area contributed by atoms with E-state index in [4.69, 9.17) is 23.5 Å². The van der Waals surface area contributed by atoms with Gasteiger partial charge in [-0.15, -0.1) is 0 Å². The van der Waals surface area contributed by atoms with E-state index in [-0.39, 0.29) is 19.6 Å². The van der Waals surface area contributed by atoms with E-state index >= 15 is 0 Å². The van der Waals surface area contributed by atoms with Crippen molar-refractivity contribution in [2.24, 2.45) is 0 Å². The van der Waals surface area contributed by atoms with E-state index in [0.29, 0.717) is 13.0 Å². The van der Waals surface area contributed by atoms with Gasteiger partial charge in [-0.25, -0.2) is 4.18 Å². The lowest BCUT2D eigenvalue weighted by Crippen LogP contribution is -2.60. The van der Waals surface area contributed by atoms with Gasteiger partial charge < -0.3 is 34.3 Å². The lowest BCUT2D eigenvalue weighted by atomic mass is 9.99. The largest absolute Gasteiger partial charge is 0.457 e. The van der Waals surface area contributed by atoms with E-state index in [1.807, 2.05) is 0 Å². The normalized spacial score (nSPS) is 20.0. The molecule has 13 heteroatoms. The topological polar surface area (TPSA) is 178 Å². The Morgan fingerprint density at radius 3 is 1.31 bits per heavy atom. The molecule has 0 aromatic heterocycles. The van der Waals surface area contributed by atoms with Gasteiger partial charge in [0.1, 0.15) is 30.5 Å². The molecule has 1 saturated heterocycles. The maximum atomic E-state index is 12.8. The van der Waals surface area contributed by atoms with Crippen LogP contribution in [-0.2, 0) is 38.3 Å². The first-order valence-electron chi connectivity index (χ1n) is 25.3. The lowest BCUT2D eigenvalue weighted by Gasteiger charge is -2.41. The van der Waals surface area contributed by atoms with Gasteiger partial charge in [-0.1, -0.05) is 219 Å². The quantitative estimate of drug-likeness (QED) is 0.0259. The van der Waals surface area contributed by atoms with Gasteiger partial charge in [0.2, 0.25) is 0 Å². The van der Waals surface area contributed by atoms with Gasteiger partial charge in [0, 0.05) is 13.0 Å². The first-order valence-corrected chi connectivity index (χ1v) is 26.7. The molecule has 0 aromatic rings. The monoisotopic (exact) mass is 895 g/mol. The van der Waals surface area contributed by atoms with Crippen LogP contribution in [0.1, 0.15) is 239 Å². The van der Waals surface area contributed by atoms with Gasteiger partial charge in [0.05, 0.1) is 19.8 Å². The summed E-state index contributed by atoms with van der Waals surface area (Å²) in [5.74, 6) is -0.397.